The third kappa shape index (κ3) is 12.2. The molecule has 1 fully saturated rings. The van der Waals surface area contributed by atoms with Gasteiger partial charge in [-0.1, -0.05) is 36.8 Å². The number of methoxy groups -OCH3 is 1. The van der Waals surface area contributed by atoms with Gasteiger partial charge in [0.2, 0.25) is 0 Å². The summed E-state index contributed by atoms with van der Waals surface area (Å²) in [4.78, 5) is 5.02. The summed E-state index contributed by atoms with van der Waals surface area (Å²) in [5, 5.41) is 3.72. The van der Waals surface area contributed by atoms with E-state index in [4.69, 9.17) is 44.6 Å². The van der Waals surface area contributed by atoms with Crippen LogP contribution in [-0.2, 0) is 16.1 Å². The van der Waals surface area contributed by atoms with Crippen molar-refractivity contribution in [1.29, 1.82) is 0 Å². The van der Waals surface area contributed by atoms with Crippen LogP contribution >= 0.6 is 38.2 Å². The van der Waals surface area contributed by atoms with Gasteiger partial charge >= 0.3 is 41.5 Å². The van der Waals surface area contributed by atoms with Crippen LogP contribution in [0.15, 0.2) is 47.5 Å². The predicted molar refractivity (Wildman–Crippen MR) is 145 cm³/mol. The molecule has 0 atom stereocenters. The maximum absolute atomic E-state index is 5.56. The molecule has 33 heavy (non-hydrogen) atoms. The number of rotatable bonds is 6. The van der Waals surface area contributed by atoms with E-state index in [1.807, 2.05) is 24.8 Å². The van der Waals surface area contributed by atoms with E-state index in [2.05, 4.69) is 57.0 Å². The Morgan fingerprint density at radius 2 is 1.70 bits per heavy atom. The molecule has 9 heteroatoms. The molecular weight excluding hydrogens is 538 g/mol. The van der Waals surface area contributed by atoms with Crippen LogP contribution in [0.1, 0.15) is 43.4 Å². The van der Waals surface area contributed by atoms with Gasteiger partial charge in [-0.2, -0.15) is 6.42 Å². The summed E-state index contributed by atoms with van der Waals surface area (Å²) in [5.74, 6) is 1.77. The van der Waals surface area contributed by atoms with Gasteiger partial charge in [0.15, 0.2) is 5.84 Å². The number of ether oxygens (including phenoxy) is 2. The quantitative estimate of drug-likeness (QED) is 0.164. The fourth-order valence-corrected chi connectivity index (χ4v) is 4.48. The number of amidine groups is 1. The fourth-order valence-electron chi connectivity index (χ4n) is 3.10. The van der Waals surface area contributed by atoms with Crippen LogP contribution in [0.3, 0.4) is 0 Å². The van der Waals surface area contributed by atoms with Crippen molar-refractivity contribution in [2.75, 3.05) is 26.0 Å². The van der Waals surface area contributed by atoms with Gasteiger partial charge in [-0.25, -0.2) is 16.7 Å². The molecule has 1 N–H and O–H groups in total. The summed E-state index contributed by atoms with van der Waals surface area (Å²) in [6.45, 7) is 11.5. The first-order valence-electron chi connectivity index (χ1n) is 10.9. The summed E-state index contributed by atoms with van der Waals surface area (Å²) >= 11 is -1.62. The first kappa shape index (κ1) is 30.5. The molecule has 0 aliphatic carbocycles. The molecule has 0 aromatic heterocycles. The Balaban J connectivity index is 0.000000505. The SMILES string of the molecule is CC[PH+](CC)NC(=Nc1c(C)cccc1C)c1ccccc1OC.[CH-]1CCCO1.[Cl][Cr+]([Cl])[Cl]. The van der Waals surface area contributed by atoms with E-state index in [9.17, 15) is 0 Å². The van der Waals surface area contributed by atoms with Crippen LogP contribution in [0.4, 0.5) is 5.69 Å². The zero-order valence-electron chi connectivity index (χ0n) is 20.0. The molecule has 3 rings (SSSR count). The van der Waals surface area contributed by atoms with E-state index >= 15 is 0 Å². The normalized spacial score (nSPS) is 13.2. The van der Waals surface area contributed by atoms with Crippen molar-refractivity contribution in [2.45, 2.75) is 40.5 Å². The minimum absolute atomic E-state index is 0.674. The van der Waals surface area contributed by atoms with Crippen LogP contribution in [0, 0.1) is 20.5 Å². The summed E-state index contributed by atoms with van der Waals surface area (Å²) in [5.41, 5.74) is 4.43. The first-order chi connectivity index (χ1) is 15.8. The Morgan fingerprint density at radius 1 is 1.09 bits per heavy atom. The van der Waals surface area contributed by atoms with Gasteiger partial charge in [0, 0.05) is 6.61 Å². The molecule has 1 heterocycles. The molecule has 2 aromatic carbocycles. The Kier molecular flexibility index (Phi) is 16.5. The Morgan fingerprint density at radius 3 is 2.15 bits per heavy atom. The topological polar surface area (TPSA) is 42.9 Å². The van der Waals surface area contributed by atoms with Crippen molar-refractivity contribution < 1.29 is 20.9 Å². The zero-order chi connectivity index (χ0) is 24.6. The molecule has 0 radical (unpaired) electrons. The van der Waals surface area contributed by atoms with Gasteiger partial charge in [-0.3, -0.25) is 0 Å². The van der Waals surface area contributed by atoms with Gasteiger partial charge < -0.3 is 9.47 Å². The Bertz CT molecular complexity index is 818. The second-order valence-corrected chi connectivity index (χ2v) is 16.4. The number of halogens is 3. The van der Waals surface area contributed by atoms with Gasteiger partial charge in [-0.15, -0.1) is 0 Å². The van der Waals surface area contributed by atoms with E-state index < -0.39 is 19.5 Å². The summed E-state index contributed by atoms with van der Waals surface area (Å²) in [6.07, 6.45) is 4.68. The minimum atomic E-state index is -1.62. The number of aliphatic imine (C=N–C) groups is 1. The molecule has 4 nitrogen and oxygen atoms in total. The van der Waals surface area contributed by atoms with Crippen molar-refractivity contribution >= 4 is 49.7 Å². The van der Waals surface area contributed by atoms with Crippen molar-refractivity contribution in [3.05, 3.63) is 65.8 Å². The molecule has 0 bridgehead atoms. The molecular formula is C24H35Cl3CrN2O2P+. The van der Waals surface area contributed by atoms with Crippen LogP contribution in [-0.4, -0.2) is 31.9 Å². The molecule has 0 spiro atoms. The van der Waals surface area contributed by atoms with E-state index in [1.165, 1.54) is 17.5 Å². The van der Waals surface area contributed by atoms with Crippen molar-refractivity contribution in [2.24, 2.45) is 4.99 Å². The number of benzene rings is 2. The van der Waals surface area contributed by atoms with Gasteiger partial charge in [-0.05, 0) is 51.0 Å². The molecule has 0 amide bonds. The van der Waals surface area contributed by atoms with Crippen molar-refractivity contribution in [3.63, 3.8) is 0 Å². The number of nitrogens with one attached hydrogen (secondary N) is 1. The second-order valence-electron chi connectivity index (χ2n) is 7.19. The second kappa shape index (κ2) is 17.9. The monoisotopic (exact) mass is 571 g/mol. The standard InChI is InChI=1S/C20H27N2OP.C4H7O.3ClH.Cr/c1-6-24(7-2)22-20(17-13-8-9-14-18(17)23-5)21-19-15(3)11-10-12-16(19)4;1-2-4-5-3-1;;;;/h8-14H,6-7H2,1-5H3,(H,21,22);3H,1-2,4H2;3*1H;/q;-1;;;;+4/p-2. The summed E-state index contributed by atoms with van der Waals surface area (Å²) in [7, 11) is 15.8. The third-order valence-electron chi connectivity index (χ3n) is 4.88. The fraction of sp³-hybridized carbons (Fsp3) is 0.417. The summed E-state index contributed by atoms with van der Waals surface area (Å²) in [6, 6.07) is 14.4. The van der Waals surface area contributed by atoms with Crippen LogP contribution in [0.25, 0.3) is 0 Å². The number of aryl methyl sites for hydroxylation is 2. The first-order valence-corrected chi connectivity index (χ1v) is 18.1. The Labute approximate surface area is 217 Å². The van der Waals surface area contributed by atoms with Crippen LogP contribution in [0.5, 0.6) is 5.75 Å². The van der Waals surface area contributed by atoms with Crippen molar-refractivity contribution in [3.8, 4) is 5.75 Å². The van der Waals surface area contributed by atoms with E-state index in [0.717, 1.165) is 48.2 Å². The zero-order valence-corrected chi connectivity index (χ0v) is 24.5. The van der Waals surface area contributed by atoms with Crippen molar-refractivity contribution in [1.82, 2.24) is 5.09 Å². The third-order valence-corrected chi connectivity index (χ3v) is 7.17. The molecule has 184 valence electrons. The molecule has 1 aliphatic heterocycles. The molecule has 0 saturated carbocycles. The number of hydrogen-bond acceptors (Lipinski definition) is 3. The molecule has 0 unspecified atom stereocenters. The van der Waals surface area contributed by atoms with E-state index in [1.54, 1.807) is 7.11 Å². The van der Waals surface area contributed by atoms with E-state index in [-0.39, 0.29) is 0 Å². The van der Waals surface area contributed by atoms with E-state index in [0.29, 0.717) is 0 Å². The number of nitrogens with zero attached hydrogens (tertiary/aromatic N) is 1. The molecule has 2 aromatic rings. The molecule has 1 aliphatic rings. The maximum atomic E-state index is 5.56. The van der Waals surface area contributed by atoms with Crippen LogP contribution in [0.2, 0.25) is 0 Å². The van der Waals surface area contributed by atoms with Gasteiger partial charge in [0.25, 0.3) is 0 Å². The van der Waals surface area contributed by atoms with Gasteiger partial charge in [0.1, 0.15) is 5.75 Å². The van der Waals surface area contributed by atoms with Gasteiger partial charge in [0.05, 0.1) is 38.8 Å². The molecule has 1 saturated heterocycles. The average Bonchev–Trinajstić information content (AvgIpc) is 3.38. The summed E-state index contributed by atoms with van der Waals surface area (Å²) < 4.78 is 10.4. The number of hydrogen-bond donors (Lipinski definition) is 1. The number of para-hydroxylation sites is 2. The van der Waals surface area contributed by atoms with Crippen LogP contribution < -0.4 is 9.82 Å². The predicted octanol–water partition coefficient (Wildman–Crippen LogP) is 8.17. The Hall–Kier alpha value is -0.498. The average molecular weight is 573 g/mol.